The van der Waals surface area contributed by atoms with Crippen molar-refractivity contribution >= 4 is 11.9 Å². The number of carboxylic acid groups (broad SMARTS) is 1. The van der Waals surface area contributed by atoms with E-state index in [1.807, 2.05) is 6.92 Å². The van der Waals surface area contributed by atoms with Gasteiger partial charge < -0.3 is 10.0 Å². The molecule has 11 heavy (non-hydrogen) atoms. The normalized spacial score (nSPS) is 9.27. The van der Waals surface area contributed by atoms with E-state index < -0.39 is 12.4 Å². The Hall–Kier alpha value is -1.06. The van der Waals surface area contributed by atoms with Crippen LogP contribution in [-0.2, 0) is 9.59 Å². The molecular weight excluding hydrogens is 146 g/mol. The highest BCUT2D eigenvalue weighted by molar-refractivity contribution is 5.93. The van der Waals surface area contributed by atoms with E-state index in [2.05, 4.69) is 0 Å². The summed E-state index contributed by atoms with van der Waals surface area (Å²) >= 11 is 0. The van der Waals surface area contributed by atoms with Crippen molar-refractivity contribution in [2.75, 3.05) is 13.6 Å². The van der Waals surface area contributed by atoms with Crippen molar-refractivity contribution in [3.63, 3.8) is 0 Å². The molecule has 0 saturated heterocycles. The molecule has 0 unspecified atom stereocenters. The molecule has 4 nitrogen and oxygen atoms in total. The molecule has 0 heterocycles. The molecule has 0 atom stereocenters. The lowest BCUT2D eigenvalue weighted by Gasteiger charge is -2.13. The molecular formula is C7H13NO3. The van der Waals surface area contributed by atoms with Crippen molar-refractivity contribution in [2.45, 2.75) is 19.8 Å². The molecule has 0 aromatic carbocycles. The molecule has 64 valence electrons. The molecule has 0 bridgehead atoms. The van der Waals surface area contributed by atoms with Gasteiger partial charge in [-0.2, -0.15) is 0 Å². The second-order valence-electron chi connectivity index (χ2n) is 2.39. The number of carboxylic acids is 1. The van der Waals surface area contributed by atoms with Crippen molar-refractivity contribution in [1.29, 1.82) is 0 Å². The van der Waals surface area contributed by atoms with Crippen LogP contribution in [0.4, 0.5) is 0 Å². The Kier molecular flexibility index (Phi) is 4.26. The first-order valence-electron chi connectivity index (χ1n) is 3.53. The zero-order valence-corrected chi connectivity index (χ0v) is 6.83. The average Bonchev–Trinajstić information content (AvgIpc) is 1.86. The standard InChI is InChI=1S/C7H13NO3/c1-3-4-8(2)6(9)5-7(10)11/h3-5H2,1-2H3,(H,10,11). The quantitative estimate of drug-likeness (QED) is 0.601. The summed E-state index contributed by atoms with van der Waals surface area (Å²) in [5.74, 6) is -1.41. The third-order valence-electron chi connectivity index (χ3n) is 1.29. The van der Waals surface area contributed by atoms with Gasteiger partial charge in [0, 0.05) is 13.6 Å². The van der Waals surface area contributed by atoms with Crippen molar-refractivity contribution in [3.05, 3.63) is 0 Å². The topological polar surface area (TPSA) is 57.6 Å². The van der Waals surface area contributed by atoms with Gasteiger partial charge in [-0.05, 0) is 6.42 Å². The number of hydrogen-bond acceptors (Lipinski definition) is 2. The summed E-state index contributed by atoms with van der Waals surface area (Å²) in [6.45, 7) is 2.55. The fraction of sp³-hybridized carbons (Fsp3) is 0.714. The number of hydrogen-bond donors (Lipinski definition) is 1. The smallest absolute Gasteiger partial charge is 0.312 e. The summed E-state index contributed by atoms with van der Waals surface area (Å²) in [7, 11) is 1.61. The number of nitrogens with zero attached hydrogens (tertiary/aromatic N) is 1. The van der Waals surface area contributed by atoms with Crippen LogP contribution < -0.4 is 0 Å². The van der Waals surface area contributed by atoms with E-state index in [9.17, 15) is 9.59 Å². The summed E-state index contributed by atoms with van der Waals surface area (Å²) in [6, 6.07) is 0. The van der Waals surface area contributed by atoms with Gasteiger partial charge in [0.15, 0.2) is 0 Å². The van der Waals surface area contributed by atoms with E-state index in [1.54, 1.807) is 7.05 Å². The minimum Gasteiger partial charge on any atom is -0.481 e. The maximum Gasteiger partial charge on any atom is 0.312 e. The van der Waals surface area contributed by atoms with E-state index in [0.717, 1.165) is 6.42 Å². The molecule has 0 aliphatic rings. The Morgan fingerprint density at radius 1 is 1.45 bits per heavy atom. The number of rotatable bonds is 4. The lowest BCUT2D eigenvalue weighted by atomic mass is 10.3. The fourth-order valence-electron chi connectivity index (χ4n) is 0.724. The first-order chi connectivity index (χ1) is 5.07. The Labute approximate surface area is 65.8 Å². The number of carbonyl (C=O) groups excluding carboxylic acids is 1. The van der Waals surface area contributed by atoms with E-state index in [-0.39, 0.29) is 5.91 Å². The van der Waals surface area contributed by atoms with Crippen LogP contribution in [0.1, 0.15) is 19.8 Å². The van der Waals surface area contributed by atoms with Gasteiger partial charge in [0.05, 0.1) is 0 Å². The van der Waals surface area contributed by atoms with E-state index in [1.165, 1.54) is 4.90 Å². The molecule has 0 saturated carbocycles. The Balaban J connectivity index is 3.73. The van der Waals surface area contributed by atoms with E-state index in [4.69, 9.17) is 5.11 Å². The van der Waals surface area contributed by atoms with Crippen molar-refractivity contribution in [1.82, 2.24) is 4.90 Å². The zero-order chi connectivity index (χ0) is 8.85. The molecule has 0 aliphatic heterocycles. The van der Waals surface area contributed by atoms with Crippen LogP contribution in [0.25, 0.3) is 0 Å². The molecule has 0 radical (unpaired) electrons. The molecule has 0 aromatic heterocycles. The maximum absolute atomic E-state index is 10.9. The maximum atomic E-state index is 10.9. The van der Waals surface area contributed by atoms with Gasteiger partial charge in [0.1, 0.15) is 6.42 Å². The monoisotopic (exact) mass is 159 g/mol. The van der Waals surface area contributed by atoms with Crippen molar-refractivity contribution < 1.29 is 14.7 Å². The van der Waals surface area contributed by atoms with Crippen LogP contribution in [0.15, 0.2) is 0 Å². The molecule has 0 aromatic rings. The predicted molar refractivity (Wildman–Crippen MR) is 40.2 cm³/mol. The predicted octanol–water partition coefficient (Wildman–Crippen LogP) is 0.329. The average molecular weight is 159 g/mol. The third kappa shape index (κ3) is 4.36. The SMILES string of the molecule is CCCN(C)C(=O)CC(=O)O. The molecule has 0 spiro atoms. The third-order valence-corrected chi connectivity index (χ3v) is 1.29. The van der Waals surface area contributed by atoms with Gasteiger partial charge >= 0.3 is 5.97 Å². The van der Waals surface area contributed by atoms with Gasteiger partial charge in [-0.3, -0.25) is 9.59 Å². The minimum atomic E-state index is -1.07. The van der Waals surface area contributed by atoms with Gasteiger partial charge in [-0.25, -0.2) is 0 Å². The molecule has 0 rings (SSSR count). The van der Waals surface area contributed by atoms with Crippen LogP contribution in [0.2, 0.25) is 0 Å². The summed E-state index contributed by atoms with van der Waals surface area (Å²) in [5, 5.41) is 8.25. The van der Waals surface area contributed by atoms with Crippen molar-refractivity contribution in [3.8, 4) is 0 Å². The largest absolute Gasteiger partial charge is 0.481 e. The fourth-order valence-corrected chi connectivity index (χ4v) is 0.724. The molecule has 4 heteroatoms. The van der Waals surface area contributed by atoms with Crippen LogP contribution in [0, 0.1) is 0 Å². The minimum absolute atomic E-state index is 0.334. The lowest BCUT2D eigenvalue weighted by Crippen LogP contribution is -2.29. The lowest BCUT2D eigenvalue weighted by molar-refractivity contribution is -0.143. The Morgan fingerprint density at radius 3 is 2.36 bits per heavy atom. The van der Waals surface area contributed by atoms with Gasteiger partial charge in [0.25, 0.3) is 0 Å². The van der Waals surface area contributed by atoms with Crippen LogP contribution in [0.3, 0.4) is 0 Å². The van der Waals surface area contributed by atoms with Gasteiger partial charge in [-0.15, -0.1) is 0 Å². The number of amides is 1. The highest BCUT2D eigenvalue weighted by atomic mass is 16.4. The van der Waals surface area contributed by atoms with Crippen LogP contribution >= 0.6 is 0 Å². The van der Waals surface area contributed by atoms with Gasteiger partial charge in [0.2, 0.25) is 5.91 Å². The highest BCUT2D eigenvalue weighted by Crippen LogP contribution is 1.91. The summed E-state index contributed by atoms with van der Waals surface area (Å²) < 4.78 is 0. The van der Waals surface area contributed by atoms with Crippen LogP contribution in [0.5, 0.6) is 0 Å². The van der Waals surface area contributed by atoms with Gasteiger partial charge in [-0.1, -0.05) is 6.92 Å². The Bertz CT molecular complexity index is 156. The van der Waals surface area contributed by atoms with E-state index >= 15 is 0 Å². The first kappa shape index (κ1) is 9.94. The highest BCUT2D eigenvalue weighted by Gasteiger charge is 2.11. The van der Waals surface area contributed by atoms with Crippen molar-refractivity contribution in [2.24, 2.45) is 0 Å². The first-order valence-corrected chi connectivity index (χ1v) is 3.53. The number of aliphatic carboxylic acids is 1. The second-order valence-corrected chi connectivity index (χ2v) is 2.39. The van der Waals surface area contributed by atoms with E-state index in [0.29, 0.717) is 6.54 Å². The molecule has 0 fully saturated rings. The summed E-state index contributed by atoms with van der Waals surface area (Å²) in [4.78, 5) is 22.4. The molecule has 0 aliphatic carbocycles. The van der Waals surface area contributed by atoms with Crippen LogP contribution in [-0.4, -0.2) is 35.5 Å². The zero-order valence-electron chi connectivity index (χ0n) is 6.83. The molecule has 1 amide bonds. The summed E-state index contributed by atoms with van der Waals surface area (Å²) in [6.07, 6.45) is 0.443. The Morgan fingerprint density at radius 2 is 2.00 bits per heavy atom. The number of carbonyl (C=O) groups is 2. The second kappa shape index (κ2) is 4.71. The molecule has 1 N–H and O–H groups in total. The summed E-state index contributed by atoms with van der Waals surface area (Å²) in [5.41, 5.74) is 0.